The molecule has 2 amide bonds. The molecule has 0 spiro atoms. The van der Waals surface area contributed by atoms with Crippen LogP contribution >= 0.6 is 0 Å². The highest BCUT2D eigenvalue weighted by molar-refractivity contribution is 5.74. The summed E-state index contributed by atoms with van der Waals surface area (Å²) in [7, 11) is 0. The molecule has 3 N–H and O–H groups in total. The summed E-state index contributed by atoms with van der Waals surface area (Å²) >= 11 is 0. The second-order valence-electron chi connectivity index (χ2n) is 4.70. The molecule has 6 nitrogen and oxygen atoms in total. The lowest BCUT2D eigenvalue weighted by atomic mass is 10.0. The lowest BCUT2D eigenvalue weighted by molar-refractivity contribution is -0.141. The van der Waals surface area contributed by atoms with E-state index in [1.165, 1.54) is 11.8 Å². The first-order valence-corrected chi connectivity index (χ1v) is 5.79. The molecule has 0 saturated heterocycles. The van der Waals surface area contributed by atoms with Crippen molar-refractivity contribution in [3.63, 3.8) is 0 Å². The molecule has 1 atom stereocenters. The summed E-state index contributed by atoms with van der Waals surface area (Å²) in [5.74, 6) is -1.11. The van der Waals surface area contributed by atoms with Crippen LogP contribution in [0, 0.1) is 0 Å². The molecule has 0 aromatic carbocycles. The molecule has 104 valence electrons. The second kappa shape index (κ2) is 7.00. The van der Waals surface area contributed by atoms with Crippen LogP contribution in [0.1, 0.15) is 27.2 Å². The molecule has 6 heteroatoms. The molecule has 0 aliphatic heterocycles. The Kier molecular flexibility index (Phi) is 6.40. The SMILES string of the molecule is C=C(C)CN(CC)C(=O)NCC(C)(O)CC(=O)O. The fourth-order valence-electron chi connectivity index (χ4n) is 1.42. The van der Waals surface area contributed by atoms with Crippen LogP contribution in [0.2, 0.25) is 0 Å². The number of hydrogen-bond donors (Lipinski definition) is 3. The van der Waals surface area contributed by atoms with E-state index >= 15 is 0 Å². The van der Waals surface area contributed by atoms with Gasteiger partial charge in [-0.1, -0.05) is 12.2 Å². The average Bonchev–Trinajstić information content (AvgIpc) is 2.20. The van der Waals surface area contributed by atoms with Gasteiger partial charge in [0.2, 0.25) is 0 Å². The largest absolute Gasteiger partial charge is 0.481 e. The van der Waals surface area contributed by atoms with Gasteiger partial charge in [-0.15, -0.1) is 0 Å². The fraction of sp³-hybridized carbons (Fsp3) is 0.667. The van der Waals surface area contributed by atoms with E-state index in [1.54, 1.807) is 0 Å². The van der Waals surface area contributed by atoms with E-state index in [-0.39, 0.29) is 12.6 Å². The lowest BCUT2D eigenvalue weighted by Crippen LogP contribution is -2.47. The number of carboxylic acids is 1. The maximum atomic E-state index is 11.8. The van der Waals surface area contributed by atoms with Crippen molar-refractivity contribution >= 4 is 12.0 Å². The first kappa shape index (κ1) is 16.4. The van der Waals surface area contributed by atoms with Gasteiger partial charge in [-0.05, 0) is 20.8 Å². The van der Waals surface area contributed by atoms with E-state index in [0.29, 0.717) is 13.1 Å². The van der Waals surface area contributed by atoms with Crippen LogP contribution in [0.4, 0.5) is 4.79 Å². The molecule has 0 aromatic rings. The van der Waals surface area contributed by atoms with E-state index in [2.05, 4.69) is 11.9 Å². The highest BCUT2D eigenvalue weighted by Gasteiger charge is 2.25. The van der Waals surface area contributed by atoms with Gasteiger partial charge < -0.3 is 20.4 Å². The first-order valence-electron chi connectivity index (χ1n) is 5.79. The Morgan fingerprint density at radius 1 is 1.44 bits per heavy atom. The Morgan fingerprint density at radius 3 is 2.39 bits per heavy atom. The Balaban J connectivity index is 4.30. The van der Waals surface area contributed by atoms with Gasteiger partial charge in [-0.25, -0.2) is 4.79 Å². The summed E-state index contributed by atoms with van der Waals surface area (Å²) in [4.78, 5) is 23.8. The molecule has 0 aliphatic carbocycles. The molecule has 0 radical (unpaired) electrons. The number of urea groups is 1. The van der Waals surface area contributed by atoms with Gasteiger partial charge in [0.05, 0.1) is 12.0 Å². The minimum atomic E-state index is -1.45. The van der Waals surface area contributed by atoms with Crippen molar-refractivity contribution < 1.29 is 19.8 Å². The molecule has 0 heterocycles. The molecule has 0 aromatic heterocycles. The van der Waals surface area contributed by atoms with Crippen LogP contribution in [0.5, 0.6) is 0 Å². The number of rotatable bonds is 7. The van der Waals surface area contributed by atoms with Gasteiger partial charge in [-0.3, -0.25) is 4.79 Å². The predicted octanol–water partition coefficient (Wildman–Crippen LogP) is 0.820. The third-order valence-corrected chi connectivity index (χ3v) is 2.28. The highest BCUT2D eigenvalue weighted by Crippen LogP contribution is 2.07. The molecule has 0 bridgehead atoms. The summed E-state index contributed by atoms with van der Waals surface area (Å²) in [5, 5.41) is 20.8. The van der Waals surface area contributed by atoms with E-state index in [4.69, 9.17) is 5.11 Å². The highest BCUT2D eigenvalue weighted by atomic mass is 16.4. The molecular formula is C12H22N2O4. The maximum absolute atomic E-state index is 11.8. The zero-order chi connectivity index (χ0) is 14.3. The normalized spacial score (nSPS) is 13.6. The summed E-state index contributed by atoms with van der Waals surface area (Å²) in [6.45, 7) is 9.58. The Morgan fingerprint density at radius 2 is 2.00 bits per heavy atom. The van der Waals surface area contributed by atoms with Crippen LogP contribution in [-0.4, -0.2) is 52.3 Å². The fourth-order valence-corrected chi connectivity index (χ4v) is 1.42. The number of likely N-dealkylation sites (N-methyl/N-ethyl adjacent to an activating group) is 1. The second-order valence-corrected chi connectivity index (χ2v) is 4.70. The zero-order valence-electron chi connectivity index (χ0n) is 11.2. The van der Waals surface area contributed by atoms with Crippen molar-refractivity contribution in [2.75, 3.05) is 19.6 Å². The Labute approximate surface area is 107 Å². The Hall–Kier alpha value is -1.56. The van der Waals surface area contributed by atoms with Crippen LogP contribution in [0.3, 0.4) is 0 Å². The van der Waals surface area contributed by atoms with Crippen molar-refractivity contribution in [3.8, 4) is 0 Å². The minimum Gasteiger partial charge on any atom is -0.481 e. The number of amides is 2. The van der Waals surface area contributed by atoms with Gasteiger partial charge in [0.15, 0.2) is 0 Å². The molecule has 0 rings (SSSR count). The monoisotopic (exact) mass is 258 g/mol. The summed E-state index contributed by atoms with van der Waals surface area (Å²) in [6.07, 6.45) is -0.417. The molecule has 1 unspecified atom stereocenters. The number of nitrogens with zero attached hydrogens (tertiary/aromatic N) is 1. The molecule has 0 saturated carbocycles. The number of nitrogens with one attached hydrogen (secondary N) is 1. The van der Waals surface area contributed by atoms with Crippen molar-refractivity contribution in [2.24, 2.45) is 0 Å². The van der Waals surface area contributed by atoms with Crippen LogP contribution in [0.15, 0.2) is 12.2 Å². The quantitative estimate of drug-likeness (QED) is 0.590. The minimum absolute atomic E-state index is 0.106. The summed E-state index contributed by atoms with van der Waals surface area (Å²) < 4.78 is 0. The van der Waals surface area contributed by atoms with E-state index in [1.807, 2.05) is 13.8 Å². The number of hydrogen-bond acceptors (Lipinski definition) is 3. The van der Waals surface area contributed by atoms with Crippen molar-refractivity contribution in [1.29, 1.82) is 0 Å². The number of aliphatic hydroxyl groups is 1. The first-order chi connectivity index (χ1) is 8.18. The van der Waals surface area contributed by atoms with Crippen LogP contribution in [-0.2, 0) is 4.79 Å². The zero-order valence-corrected chi connectivity index (χ0v) is 11.2. The number of aliphatic carboxylic acids is 1. The van der Waals surface area contributed by atoms with Crippen molar-refractivity contribution in [2.45, 2.75) is 32.8 Å². The smallest absolute Gasteiger partial charge is 0.317 e. The topological polar surface area (TPSA) is 89.9 Å². The van der Waals surface area contributed by atoms with Gasteiger partial charge in [-0.2, -0.15) is 0 Å². The molecule has 0 fully saturated rings. The van der Waals surface area contributed by atoms with Crippen LogP contribution in [0.25, 0.3) is 0 Å². The van der Waals surface area contributed by atoms with Gasteiger partial charge in [0, 0.05) is 19.6 Å². The summed E-state index contributed by atoms with van der Waals surface area (Å²) in [6, 6.07) is -0.342. The third kappa shape index (κ3) is 6.90. The van der Waals surface area contributed by atoms with Gasteiger partial charge in [0.25, 0.3) is 0 Å². The third-order valence-electron chi connectivity index (χ3n) is 2.28. The number of carbonyl (C=O) groups excluding carboxylic acids is 1. The molecular weight excluding hydrogens is 236 g/mol. The lowest BCUT2D eigenvalue weighted by Gasteiger charge is -2.26. The van der Waals surface area contributed by atoms with Crippen molar-refractivity contribution in [1.82, 2.24) is 10.2 Å². The summed E-state index contributed by atoms with van der Waals surface area (Å²) in [5.41, 5.74) is -0.603. The number of carbonyl (C=O) groups is 2. The van der Waals surface area contributed by atoms with Gasteiger partial charge in [0.1, 0.15) is 0 Å². The van der Waals surface area contributed by atoms with E-state index in [0.717, 1.165) is 5.57 Å². The molecule has 18 heavy (non-hydrogen) atoms. The van der Waals surface area contributed by atoms with E-state index < -0.39 is 18.0 Å². The maximum Gasteiger partial charge on any atom is 0.317 e. The average molecular weight is 258 g/mol. The predicted molar refractivity (Wildman–Crippen MR) is 68.3 cm³/mol. The Bertz CT molecular complexity index is 326. The van der Waals surface area contributed by atoms with E-state index in [9.17, 15) is 14.7 Å². The van der Waals surface area contributed by atoms with Crippen molar-refractivity contribution in [3.05, 3.63) is 12.2 Å². The standard InChI is InChI=1S/C12H22N2O4/c1-5-14(7-9(2)3)11(17)13-8-12(4,18)6-10(15)16/h18H,2,5-8H2,1,3-4H3,(H,13,17)(H,15,16). The number of carboxylic acid groups (broad SMARTS) is 1. The van der Waals surface area contributed by atoms with Gasteiger partial charge >= 0.3 is 12.0 Å². The van der Waals surface area contributed by atoms with Crippen LogP contribution < -0.4 is 5.32 Å². The molecule has 0 aliphatic rings.